The van der Waals surface area contributed by atoms with Crippen LogP contribution < -0.4 is 11.1 Å². The number of thiophene rings is 1. The molecule has 0 radical (unpaired) electrons. The number of benzene rings is 1. The molecule has 0 aliphatic heterocycles. The highest BCUT2D eigenvalue weighted by Crippen LogP contribution is 2.22. The van der Waals surface area contributed by atoms with E-state index in [0.29, 0.717) is 16.1 Å². The van der Waals surface area contributed by atoms with Gasteiger partial charge in [-0.3, -0.25) is 4.79 Å². The zero-order chi connectivity index (χ0) is 17.1. The van der Waals surface area contributed by atoms with E-state index in [-0.39, 0.29) is 12.4 Å². The van der Waals surface area contributed by atoms with Crippen LogP contribution in [0.15, 0.2) is 44.9 Å². The molecule has 0 aliphatic carbocycles. The van der Waals surface area contributed by atoms with E-state index in [4.69, 9.17) is 9.68 Å². The van der Waals surface area contributed by atoms with Crippen LogP contribution >= 0.6 is 11.3 Å². The second-order valence-electron chi connectivity index (χ2n) is 4.66. The number of anilines is 1. The normalized spacial score (nSPS) is 10.3. The van der Waals surface area contributed by atoms with Gasteiger partial charge < -0.3 is 9.73 Å². The number of nitrogens with zero attached hydrogens (tertiary/aromatic N) is 3. The number of carbonyl (C=O) groups excluding carboxylic acids is 1. The third-order valence-corrected chi connectivity index (χ3v) is 3.86. The molecule has 0 atom stereocenters. The van der Waals surface area contributed by atoms with Crippen LogP contribution in [0.25, 0.3) is 11.5 Å². The Bertz CT molecular complexity index is 981. The zero-order valence-electron chi connectivity index (χ0n) is 12.0. The van der Waals surface area contributed by atoms with Gasteiger partial charge in [0.05, 0.1) is 5.56 Å². The lowest BCUT2D eigenvalue weighted by Crippen LogP contribution is -2.25. The number of carbonyl (C=O) groups is 1. The molecular weight excluding hydrogens is 335 g/mol. The van der Waals surface area contributed by atoms with Crippen LogP contribution in [0.4, 0.5) is 9.39 Å². The number of halogens is 1. The van der Waals surface area contributed by atoms with Gasteiger partial charge in [0.2, 0.25) is 11.8 Å². The van der Waals surface area contributed by atoms with Crippen LogP contribution in [0.2, 0.25) is 0 Å². The molecule has 3 aromatic rings. The molecular formula is C15H9FN4O3S. The summed E-state index contributed by atoms with van der Waals surface area (Å²) < 4.78 is 18.7. The van der Waals surface area contributed by atoms with Crippen LogP contribution in [0.1, 0.15) is 5.56 Å². The van der Waals surface area contributed by atoms with E-state index < -0.39 is 17.5 Å². The molecule has 2 aromatic heterocycles. The maximum atomic E-state index is 12.9. The minimum Gasteiger partial charge on any atom is -0.388 e. The van der Waals surface area contributed by atoms with Gasteiger partial charge in [-0.15, -0.1) is 16.4 Å². The highest BCUT2D eigenvalue weighted by molar-refractivity contribution is 7.14. The van der Waals surface area contributed by atoms with E-state index in [1.807, 2.05) is 6.07 Å². The first-order valence-electron chi connectivity index (χ1n) is 6.68. The smallest absolute Gasteiger partial charge is 0.388 e. The average Bonchev–Trinajstić information content (AvgIpc) is 3.15. The lowest BCUT2D eigenvalue weighted by molar-refractivity contribution is -0.117. The molecule has 3 rings (SSSR count). The molecule has 24 heavy (non-hydrogen) atoms. The van der Waals surface area contributed by atoms with Gasteiger partial charge in [-0.2, -0.15) is 9.94 Å². The first kappa shape index (κ1) is 15.6. The number of amides is 1. The standard InChI is InChI=1S/C15H9FN4O3S/c16-11-3-1-9(2-4-11)13-19-20(15(22)23-13)8-12(21)18-14-10(7-17)5-6-24-14/h1-6H,8H2,(H,18,21). The van der Waals surface area contributed by atoms with Crippen molar-refractivity contribution in [3.8, 4) is 17.5 Å². The average molecular weight is 344 g/mol. The topological polar surface area (TPSA) is 101 Å². The molecule has 0 aliphatic rings. The van der Waals surface area contributed by atoms with Gasteiger partial charge in [-0.25, -0.2) is 9.18 Å². The maximum Gasteiger partial charge on any atom is 0.437 e. The molecule has 0 saturated heterocycles. The highest BCUT2D eigenvalue weighted by atomic mass is 32.1. The summed E-state index contributed by atoms with van der Waals surface area (Å²) in [6.07, 6.45) is 0. The van der Waals surface area contributed by atoms with Crippen molar-refractivity contribution in [2.45, 2.75) is 6.54 Å². The van der Waals surface area contributed by atoms with Crippen molar-refractivity contribution in [3.05, 3.63) is 57.6 Å². The number of nitriles is 1. The van der Waals surface area contributed by atoms with Crippen LogP contribution in [0.3, 0.4) is 0 Å². The van der Waals surface area contributed by atoms with Gasteiger partial charge >= 0.3 is 5.76 Å². The monoisotopic (exact) mass is 344 g/mol. The van der Waals surface area contributed by atoms with E-state index in [1.165, 1.54) is 35.6 Å². The predicted molar refractivity (Wildman–Crippen MR) is 83.8 cm³/mol. The van der Waals surface area contributed by atoms with Gasteiger partial charge in [-0.1, -0.05) is 0 Å². The van der Waals surface area contributed by atoms with Gasteiger partial charge in [-0.05, 0) is 35.7 Å². The lowest BCUT2D eigenvalue weighted by atomic mass is 10.2. The summed E-state index contributed by atoms with van der Waals surface area (Å²) in [4.78, 5) is 23.8. The zero-order valence-corrected chi connectivity index (χ0v) is 12.8. The van der Waals surface area contributed by atoms with Gasteiger partial charge in [0.15, 0.2) is 0 Å². The number of hydrogen-bond donors (Lipinski definition) is 1. The SMILES string of the molecule is N#Cc1ccsc1NC(=O)Cn1nc(-c2ccc(F)cc2)oc1=O. The van der Waals surface area contributed by atoms with Crippen molar-refractivity contribution < 1.29 is 13.6 Å². The number of hydrogen-bond acceptors (Lipinski definition) is 6. The first-order chi connectivity index (χ1) is 11.6. The summed E-state index contributed by atoms with van der Waals surface area (Å²) in [6.45, 7) is -0.369. The molecule has 0 spiro atoms. The van der Waals surface area contributed by atoms with E-state index >= 15 is 0 Å². The number of nitrogens with one attached hydrogen (secondary N) is 1. The Morgan fingerprint density at radius 2 is 2.12 bits per heavy atom. The second-order valence-corrected chi connectivity index (χ2v) is 5.58. The van der Waals surface area contributed by atoms with Gasteiger partial charge in [0, 0.05) is 5.56 Å². The van der Waals surface area contributed by atoms with Gasteiger partial charge in [0.25, 0.3) is 0 Å². The van der Waals surface area contributed by atoms with Crippen molar-refractivity contribution in [1.29, 1.82) is 5.26 Å². The van der Waals surface area contributed by atoms with E-state index in [2.05, 4.69) is 10.4 Å². The fourth-order valence-electron chi connectivity index (χ4n) is 1.91. The Hall–Kier alpha value is -3.25. The number of rotatable bonds is 4. The van der Waals surface area contributed by atoms with E-state index in [9.17, 15) is 14.0 Å². The molecule has 2 heterocycles. The summed E-state index contributed by atoms with van der Waals surface area (Å²) in [5, 5.41) is 17.4. The molecule has 0 saturated carbocycles. The lowest BCUT2D eigenvalue weighted by Gasteiger charge is -2.01. The minimum atomic E-state index is -0.809. The van der Waals surface area contributed by atoms with Crippen LogP contribution in [-0.4, -0.2) is 15.7 Å². The molecule has 1 amide bonds. The highest BCUT2D eigenvalue weighted by Gasteiger charge is 2.15. The fraction of sp³-hybridized carbons (Fsp3) is 0.0667. The van der Waals surface area contributed by atoms with Crippen molar-refractivity contribution >= 4 is 22.2 Å². The van der Waals surface area contributed by atoms with Gasteiger partial charge in [0.1, 0.15) is 23.4 Å². The van der Waals surface area contributed by atoms with Crippen LogP contribution in [-0.2, 0) is 11.3 Å². The summed E-state index contributed by atoms with van der Waals surface area (Å²) >= 11 is 1.20. The molecule has 0 fully saturated rings. The molecule has 1 N–H and O–H groups in total. The Balaban J connectivity index is 1.76. The second kappa shape index (κ2) is 6.47. The third-order valence-electron chi connectivity index (χ3n) is 3.03. The minimum absolute atomic E-state index is 0.0124. The van der Waals surface area contributed by atoms with Crippen molar-refractivity contribution in [3.63, 3.8) is 0 Å². The summed E-state index contributed by atoms with van der Waals surface area (Å²) in [7, 11) is 0. The summed E-state index contributed by atoms with van der Waals surface area (Å²) in [5.41, 5.74) is 0.755. The molecule has 0 unspecified atom stereocenters. The van der Waals surface area contributed by atoms with Crippen LogP contribution in [0.5, 0.6) is 0 Å². The Kier molecular flexibility index (Phi) is 4.22. The third kappa shape index (κ3) is 3.23. The molecule has 9 heteroatoms. The molecule has 1 aromatic carbocycles. The molecule has 0 bridgehead atoms. The first-order valence-corrected chi connectivity index (χ1v) is 7.56. The predicted octanol–water partition coefficient (Wildman–Crippen LogP) is 2.21. The summed E-state index contributed by atoms with van der Waals surface area (Å²) in [6, 6.07) is 8.77. The van der Waals surface area contributed by atoms with Crippen molar-refractivity contribution in [2.75, 3.05) is 5.32 Å². The van der Waals surface area contributed by atoms with Crippen molar-refractivity contribution in [1.82, 2.24) is 9.78 Å². The Labute approximate surface area is 138 Å². The summed E-state index contributed by atoms with van der Waals surface area (Å²) in [5.74, 6) is -1.77. The number of aromatic nitrogens is 2. The van der Waals surface area contributed by atoms with E-state index in [1.54, 1.807) is 11.4 Å². The van der Waals surface area contributed by atoms with Crippen molar-refractivity contribution in [2.24, 2.45) is 0 Å². The maximum absolute atomic E-state index is 12.9. The quantitative estimate of drug-likeness (QED) is 0.782. The molecule has 120 valence electrons. The van der Waals surface area contributed by atoms with E-state index in [0.717, 1.165) is 4.68 Å². The molecule has 7 nitrogen and oxygen atoms in total. The largest absolute Gasteiger partial charge is 0.437 e. The Morgan fingerprint density at radius 3 is 2.83 bits per heavy atom. The Morgan fingerprint density at radius 1 is 1.38 bits per heavy atom. The fourth-order valence-corrected chi connectivity index (χ4v) is 2.67. The van der Waals surface area contributed by atoms with Crippen LogP contribution in [0, 0.1) is 17.1 Å².